The molecule has 15 heavy (non-hydrogen) atoms. The van der Waals surface area contributed by atoms with Gasteiger partial charge in [0.05, 0.1) is 5.75 Å². The molecule has 0 saturated carbocycles. The Labute approximate surface area is 95.0 Å². The van der Waals surface area contributed by atoms with Gasteiger partial charge in [0.25, 0.3) is 0 Å². The van der Waals surface area contributed by atoms with E-state index >= 15 is 0 Å². The largest absolute Gasteiger partial charge is 0.480 e. The number of carboxylic acids is 1. The Morgan fingerprint density at radius 2 is 1.93 bits per heavy atom. The summed E-state index contributed by atoms with van der Waals surface area (Å²) in [5.41, 5.74) is 0. The molecule has 0 bridgehead atoms. The van der Waals surface area contributed by atoms with E-state index in [0.29, 0.717) is 6.42 Å². The monoisotopic (exact) mass is 233 g/mol. The Hall–Kier alpha value is -0.710. The quantitative estimate of drug-likeness (QED) is 0.754. The molecule has 1 N–H and O–H groups in total. The number of hydrogen-bond acceptors (Lipinski definition) is 3. The van der Waals surface area contributed by atoms with E-state index in [9.17, 15) is 9.59 Å². The molecule has 0 aromatic heterocycles. The highest BCUT2D eigenvalue weighted by Gasteiger charge is 2.19. The molecular formula is C10H19NO3S. The van der Waals surface area contributed by atoms with Gasteiger partial charge in [-0.15, -0.1) is 11.8 Å². The second-order valence-corrected chi connectivity index (χ2v) is 4.84. The Bertz CT molecular complexity index is 231. The Morgan fingerprint density at radius 1 is 1.40 bits per heavy atom. The van der Waals surface area contributed by atoms with Crippen molar-refractivity contribution < 1.29 is 14.7 Å². The summed E-state index contributed by atoms with van der Waals surface area (Å²) >= 11 is 1.19. The molecule has 0 fully saturated rings. The van der Waals surface area contributed by atoms with Gasteiger partial charge in [0.15, 0.2) is 0 Å². The first-order chi connectivity index (χ1) is 6.90. The van der Waals surface area contributed by atoms with Crippen molar-refractivity contribution in [1.82, 2.24) is 4.90 Å². The molecule has 0 saturated heterocycles. The topological polar surface area (TPSA) is 57.6 Å². The Morgan fingerprint density at radius 3 is 2.27 bits per heavy atom. The van der Waals surface area contributed by atoms with Crippen LogP contribution in [0.15, 0.2) is 0 Å². The predicted molar refractivity (Wildman–Crippen MR) is 62.1 cm³/mol. The van der Waals surface area contributed by atoms with Crippen molar-refractivity contribution in [3.05, 3.63) is 0 Å². The van der Waals surface area contributed by atoms with Crippen molar-refractivity contribution in [1.29, 1.82) is 0 Å². The van der Waals surface area contributed by atoms with Gasteiger partial charge in [-0.05, 0) is 20.3 Å². The molecular weight excluding hydrogens is 214 g/mol. The second kappa shape index (κ2) is 6.71. The van der Waals surface area contributed by atoms with E-state index in [1.165, 1.54) is 11.8 Å². The zero-order valence-corrected chi connectivity index (χ0v) is 10.5. The van der Waals surface area contributed by atoms with Gasteiger partial charge in [0.2, 0.25) is 5.91 Å². The molecule has 1 unspecified atom stereocenters. The van der Waals surface area contributed by atoms with Crippen LogP contribution in [0.1, 0.15) is 27.2 Å². The highest BCUT2D eigenvalue weighted by Crippen LogP contribution is 2.15. The number of carbonyl (C=O) groups is 2. The average Bonchev–Trinajstić information content (AvgIpc) is 2.16. The van der Waals surface area contributed by atoms with Gasteiger partial charge in [-0.3, -0.25) is 9.59 Å². The second-order valence-electron chi connectivity index (χ2n) is 3.64. The number of nitrogens with zero attached hydrogens (tertiary/aromatic N) is 1. The molecule has 0 heterocycles. The van der Waals surface area contributed by atoms with E-state index in [1.54, 1.807) is 11.9 Å². The zero-order chi connectivity index (χ0) is 12.0. The third-order valence-corrected chi connectivity index (χ3v) is 3.57. The molecule has 0 spiro atoms. The first-order valence-corrected chi connectivity index (χ1v) is 6.05. The minimum atomic E-state index is -0.845. The molecule has 0 aliphatic carbocycles. The fourth-order valence-electron chi connectivity index (χ4n) is 0.925. The standard InChI is InChI=1S/C10H19NO3S/c1-5-8(10(13)14)15-6-9(12)11(4)7(2)3/h7-8H,5-6H2,1-4H3,(H,13,14). The Kier molecular flexibility index (Phi) is 6.40. The third-order valence-electron chi connectivity index (χ3n) is 2.22. The Balaban J connectivity index is 4.04. The molecule has 88 valence electrons. The molecule has 0 aromatic carbocycles. The van der Waals surface area contributed by atoms with Crippen molar-refractivity contribution in [2.75, 3.05) is 12.8 Å². The van der Waals surface area contributed by atoms with Crippen molar-refractivity contribution in [2.24, 2.45) is 0 Å². The lowest BCUT2D eigenvalue weighted by Gasteiger charge is -2.21. The maximum absolute atomic E-state index is 11.5. The number of carboxylic acid groups (broad SMARTS) is 1. The van der Waals surface area contributed by atoms with Crippen LogP contribution >= 0.6 is 11.8 Å². The first-order valence-electron chi connectivity index (χ1n) is 5.00. The number of hydrogen-bond donors (Lipinski definition) is 1. The first kappa shape index (κ1) is 14.3. The molecule has 5 heteroatoms. The van der Waals surface area contributed by atoms with E-state index in [4.69, 9.17) is 5.11 Å². The highest BCUT2D eigenvalue weighted by molar-refractivity contribution is 8.01. The van der Waals surface area contributed by atoms with Gasteiger partial charge in [-0.1, -0.05) is 6.92 Å². The summed E-state index contributed by atoms with van der Waals surface area (Å²) in [7, 11) is 1.73. The summed E-state index contributed by atoms with van der Waals surface area (Å²) in [4.78, 5) is 23.9. The van der Waals surface area contributed by atoms with Gasteiger partial charge in [0.1, 0.15) is 5.25 Å². The van der Waals surface area contributed by atoms with Crippen LogP contribution in [0.4, 0.5) is 0 Å². The number of rotatable bonds is 6. The van der Waals surface area contributed by atoms with Gasteiger partial charge in [0, 0.05) is 13.1 Å². The van der Waals surface area contributed by atoms with Crippen molar-refractivity contribution in [3.63, 3.8) is 0 Å². The summed E-state index contributed by atoms with van der Waals surface area (Å²) < 4.78 is 0. The fourth-order valence-corrected chi connectivity index (χ4v) is 1.85. The highest BCUT2D eigenvalue weighted by atomic mass is 32.2. The van der Waals surface area contributed by atoms with E-state index in [1.807, 2.05) is 20.8 Å². The maximum Gasteiger partial charge on any atom is 0.316 e. The summed E-state index contributed by atoms with van der Waals surface area (Å²) in [5, 5.41) is 8.31. The van der Waals surface area contributed by atoms with Crippen molar-refractivity contribution in [2.45, 2.75) is 38.5 Å². The summed E-state index contributed by atoms with van der Waals surface area (Å²) in [6, 6.07) is 0.156. The summed E-state index contributed by atoms with van der Waals surface area (Å²) in [5.74, 6) is -0.628. The molecule has 1 amide bonds. The lowest BCUT2D eigenvalue weighted by Crippen LogP contribution is -2.35. The third kappa shape index (κ3) is 5.06. The van der Waals surface area contributed by atoms with Crippen molar-refractivity contribution >= 4 is 23.6 Å². The number of amides is 1. The minimum Gasteiger partial charge on any atom is -0.480 e. The van der Waals surface area contributed by atoms with Gasteiger partial charge in [-0.2, -0.15) is 0 Å². The normalized spacial score (nSPS) is 12.6. The van der Waals surface area contributed by atoms with Crippen LogP contribution in [0.3, 0.4) is 0 Å². The smallest absolute Gasteiger partial charge is 0.316 e. The van der Waals surface area contributed by atoms with Crippen LogP contribution in [0, 0.1) is 0 Å². The number of aliphatic carboxylic acids is 1. The van der Waals surface area contributed by atoms with Crippen molar-refractivity contribution in [3.8, 4) is 0 Å². The minimum absolute atomic E-state index is 0.0188. The molecule has 1 atom stereocenters. The lowest BCUT2D eigenvalue weighted by atomic mass is 10.3. The van der Waals surface area contributed by atoms with E-state index in [-0.39, 0.29) is 17.7 Å². The van der Waals surface area contributed by atoms with Crippen LogP contribution in [-0.4, -0.2) is 46.0 Å². The predicted octanol–water partition coefficient (Wildman–Crippen LogP) is 1.45. The maximum atomic E-state index is 11.5. The van der Waals surface area contributed by atoms with Crippen LogP contribution in [0.5, 0.6) is 0 Å². The molecule has 0 aromatic rings. The van der Waals surface area contributed by atoms with Gasteiger partial charge >= 0.3 is 5.97 Å². The number of thioether (sulfide) groups is 1. The lowest BCUT2D eigenvalue weighted by molar-refractivity contribution is -0.136. The summed E-state index contributed by atoms with van der Waals surface area (Å²) in [6.45, 7) is 5.66. The number of carbonyl (C=O) groups excluding carboxylic acids is 1. The average molecular weight is 233 g/mol. The van der Waals surface area contributed by atoms with Gasteiger partial charge in [-0.25, -0.2) is 0 Å². The molecule has 0 aliphatic heterocycles. The van der Waals surface area contributed by atoms with Crippen LogP contribution in [0.2, 0.25) is 0 Å². The van der Waals surface area contributed by atoms with Crippen LogP contribution in [-0.2, 0) is 9.59 Å². The molecule has 4 nitrogen and oxygen atoms in total. The van der Waals surface area contributed by atoms with E-state index in [0.717, 1.165) is 0 Å². The van der Waals surface area contributed by atoms with E-state index < -0.39 is 11.2 Å². The summed E-state index contributed by atoms with van der Waals surface area (Å²) in [6.07, 6.45) is 0.540. The molecule has 0 rings (SSSR count). The molecule has 0 radical (unpaired) electrons. The van der Waals surface area contributed by atoms with Crippen LogP contribution < -0.4 is 0 Å². The fraction of sp³-hybridized carbons (Fsp3) is 0.800. The van der Waals surface area contributed by atoms with Gasteiger partial charge < -0.3 is 10.0 Å². The zero-order valence-electron chi connectivity index (χ0n) is 9.69. The van der Waals surface area contributed by atoms with E-state index in [2.05, 4.69) is 0 Å². The molecule has 0 aliphatic rings. The SMILES string of the molecule is CCC(SCC(=O)N(C)C(C)C)C(=O)O. The van der Waals surface area contributed by atoms with Crippen LogP contribution in [0.25, 0.3) is 0 Å².